The summed E-state index contributed by atoms with van der Waals surface area (Å²) in [5.74, 6) is -1.58. The minimum absolute atomic E-state index is 0.0265. The second-order valence-corrected chi connectivity index (χ2v) is 9.90. The van der Waals surface area contributed by atoms with Crippen LogP contribution in [0.2, 0.25) is 0 Å². The lowest BCUT2D eigenvalue weighted by molar-refractivity contribution is -0.148. The lowest BCUT2D eigenvalue weighted by atomic mass is 9.83. The molecule has 2 aliphatic carbocycles. The van der Waals surface area contributed by atoms with E-state index in [2.05, 4.69) is 34.9 Å². The van der Waals surface area contributed by atoms with Gasteiger partial charge < -0.3 is 20.5 Å². The lowest BCUT2D eigenvalue weighted by Gasteiger charge is -2.32. The van der Waals surface area contributed by atoms with Crippen LogP contribution >= 0.6 is 0 Å². The predicted molar refractivity (Wildman–Crippen MR) is 133 cm³/mol. The average Bonchev–Trinajstić information content (AvgIpc) is 3.19. The van der Waals surface area contributed by atoms with Gasteiger partial charge in [-0.05, 0) is 48.4 Å². The largest absolute Gasteiger partial charge is 0.481 e. The Labute approximate surface area is 206 Å². The first kappa shape index (κ1) is 24.8. The Bertz CT molecular complexity index is 1050. The summed E-state index contributed by atoms with van der Waals surface area (Å²) < 4.78 is 5.67. The van der Waals surface area contributed by atoms with Crippen molar-refractivity contribution in [2.75, 3.05) is 13.2 Å². The molecule has 1 fully saturated rings. The lowest BCUT2D eigenvalue weighted by Crippen LogP contribution is -2.50. The van der Waals surface area contributed by atoms with E-state index in [4.69, 9.17) is 4.74 Å². The molecule has 7 nitrogen and oxygen atoms in total. The van der Waals surface area contributed by atoms with Crippen LogP contribution in [0.3, 0.4) is 0 Å². The van der Waals surface area contributed by atoms with Crippen molar-refractivity contribution < 1.29 is 24.2 Å². The summed E-state index contributed by atoms with van der Waals surface area (Å²) in [6.07, 6.45) is 3.03. The molecule has 2 aromatic rings. The summed E-state index contributed by atoms with van der Waals surface area (Å²) in [5, 5.41) is 15.2. The zero-order valence-corrected chi connectivity index (χ0v) is 20.4. The third-order valence-electron chi connectivity index (χ3n) is 7.70. The molecule has 0 heterocycles. The standard InChI is InChI=1S/C28H34N2O5/c1-3-28(2,26(32)33)17-29-25(31)22-14-8-9-15-24(22)30-27(34)35-16-23-20-12-6-4-10-18(20)19-11-5-7-13-21(19)23/h4-7,10-13,22-24H,3,8-9,14-17H2,1-2H3,(H,29,31)(H,30,34)(H,32,33)/t22-,24+,28?/m1/s1. The predicted octanol–water partition coefficient (Wildman–Crippen LogP) is 4.70. The molecule has 4 rings (SSSR count). The van der Waals surface area contributed by atoms with E-state index in [-0.39, 0.29) is 31.0 Å². The van der Waals surface area contributed by atoms with E-state index in [1.54, 1.807) is 13.8 Å². The number of hydrogen-bond donors (Lipinski definition) is 3. The van der Waals surface area contributed by atoms with Crippen molar-refractivity contribution in [1.29, 1.82) is 0 Å². The molecule has 2 amide bonds. The number of carboxylic acid groups (broad SMARTS) is 1. The molecule has 0 saturated heterocycles. The molecule has 1 unspecified atom stereocenters. The van der Waals surface area contributed by atoms with Crippen LogP contribution in [0.25, 0.3) is 11.1 Å². The molecule has 2 aliphatic rings. The van der Waals surface area contributed by atoms with Gasteiger partial charge in [0.15, 0.2) is 0 Å². The summed E-state index contributed by atoms with van der Waals surface area (Å²) in [6, 6.07) is 16.0. The first-order chi connectivity index (χ1) is 16.8. The van der Waals surface area contributed by atoms with Crippen LogP contribution in [0.4, 0.5) is 4.79 Å². The van der Waals surface area contributed by atoms with Crippen molar-refractivity contribution in [2.24, 2.45) is 11.3 Å². The molecule has 2 aromatic carbocycles. The van der Waals surface area contributed by atoms with E-state index in [1.807, 2.05) is 24.3 Å². The maximum absolute atomic E-state index is 12.9. The van der Waals surface area contributed by atoms with E-state index >= 15 is 0 Å². The Balaban J connectivity index is 1.37. The highest BCUT2D eigenvalue weighted by Crippen LogP contribution is 2.44. The number of hydrogen-bond acceptors (Lipinski definition) is 4. The van der Waals surface area contributed by atoms with E-state index in [0.29, 0.717) is 19.3 Å². The Kier molecular flexibility index (Phi) is 7.43. The SMILES string of the molecule is CCC(C)(CNC(=O)[C@@H]1CCCC[C@@H]1NC(=O)OCC1c2ccccc2-c2ccccc21)C(=O)O. The van der Waals surface area contributed by atoms with Crippen LogP contribution in [-0.4, -0.2) is 42.3 Å². The Hall–Kier alpha value is -3.35. The topological polar surface area (TPSA) is 105 Å². The molecule has 0 spiro atoms. The number of carbonyl (C=O) groups excluding carboxylic acids is 2. The second-order valence-electron chi connectivity index (χ2n) is 9.90. The molecular formula is C28H34N2O5. The van der Waals surface area contributed by atoms with Crippen LogP contribution in [0.15, 0.2) is 48.5 Å². The van der Waals surface area contributed by atoms with Gasteiger partial charge in [0.05, 0.1) is 11.3 Å². The smallest absolute Gasteiger partial charge is 0.407 e. The van der Waals surface area contributed by atoms with Gasteiger partial charge in [-0.1, -0.05) is 68.3 Å². The zero-order chi connectivity index (χ0) is 25.0. The number of benzene rings is 2. The van der Waals surface area contributed by atoms with Crippen molar-refractivity contribution in [3.05, 3.63) is 59.7 Å². The van der Waals surface area contributed by atoms with Gasteiger partial charge in [-0.2, -0.15) is 0 Å². The Morgan fingerprint density at radius 1 is 1.00 bits per heavy atom. The summed E-state index contributed by atoms with van der Waals surface area (Å²) in [4.78, 5) is 37.3. The van der Waals surface area contributed by atoms with Crippen molar-refractivity contribution in [2.45, 2.75) is 57.9 Å². The van der Waals surface area contributed by atoms with Gasteiger partial charge >= 0.3 is 12.1 Å². The summed E-state index contributed by atoms with van der Waals surface area (Å²) >= 11 is 0. The van der Waals surface area contributed by atoms with E-state index < -0.39 is 23.4 Å². The van der Waals surface area contributed by atoms with Gasteiger partial charge in [-0.25, -0.2) is 4.79 Å². The number of nitrogens with one attached hydrogen (secondary N) is 2. The first-order valence-corrected chi connectivity index (χ1v) is 12.5. The molecule has 0 radical (unpaired) electrons. The van der Waals surface area contributed by atoms with Crippen LogP contribution in [-0.2, 0) is 14.3 Å². The third kappa shape index (κ3) is 5.19. The fraction of sp³-hybridized carbons (Fsp3) is 0.464. The fourth-order valence-corrected chi connectivity index (χ4v) is 5.17. The highest BCUT2D eigenvalue weighted by molar-refractivity contribution is 5.82. The van der Waals surface area contributed by atoms with Crippen LogP contribution < -0.4 is 10.6 Å². The molecule has 35 heavy (non-hydrogen) atoms. The quantitative estimate of drug-likeness (QED) is 0.510. The van der Waals surface area contributed by atoms with Gasteiger partial charge in [-0.3, -0.25) is 9.59 Å². The number of rotatable bonds is 8. The number of ether oxygens (including phenoxy) is 1. The fourth-order valence-electron chi connectivity index (χ4n) is 5.17. The average molecular weight is 479 g/mol. The van der Waals surface area contributed by atoms with Crippen molar-refractivity contribution in [3.63, 3.8) is 0 Å². The monoisotopic (exact) mass is 478 g/mol. The maximum Gasteiger partial charge on any atom is 0.407 e. The number of carboxylic acids is 1. The highest BCUT2D eigenvalue weighted by Gasteiger charge is 2.36. The van der Waals surface area contributed by atoms with Crippen molar-refractivity contribution in [1.82, 2.24) is 10.6 Å². The number of aliphatic carboxylic acids is 1. The molecule has 1 saturated carbocycles. The molecule has 186 valence electrons. The van der Waals surface area contributed by atoms with Crippen molar-refractivity contribution >= 4 is 18.0 Å². The zero-order valence-electron chi connectivity index (χ0n) is 20.4. The van der Waals surface area contributed by atoms with E-state index in [1.165, 1.54) is 11.1 Å². The number of fused-ring (bicyclic) bond motifs is 3. The summed E-state index contributed by atoms with van der Waals surface area (Å²) in [6.45, 7) is 3.70. The third-order valence-corrected chi connectivity index (χ3v) is 7.70. The first-order valence-electron chi connectivity index (χ1n) is 12.5. The van der Waals surface area contributed by atoms with Gasteiger partial charge in [0, 0.05) is 18.5 Å². The van der Waals surface area contributed by atoms with Gasteiger partial charge in [0.2, 0.25) is 5.91 Å². The van der Waals surface area contributed by atoms with Crippen LogP contribution in [0.1, 0.15) is 63.0 Å². The summed E-state index contributed by atoms with van der Waals surface area (Å²) in [5.41, 5.74) is 3.62. The minimum Gasteiger partial charge on any atom is -0.481 e. The summed E-state index contributed by atoms with van der Waals surface area (Å²) in [7, 11) is 0. The van der Waals surface area contributed by atoms with Crippen molar-refractivity contribution in [3.8, 4) is 11.1 Å². The molecule has 0 aliphatic heterocycles. The van der Waals surface area contributed by atoms with Crippen LogP contribution in [0, 0.1) is 11.3 Å². The second kappa shape index (κ2) is 10.5. The number of amides is 2. The van der Waals surface area contributed by atoms with Gasteiger partial charge in [-0.15, -0.1) is 0 Å². The van der Waals surface area contributed by atoms with Gasteiger partial charge in [0.25, 0.3) is 0 Å². The van der Waals surface area contributed by atoms with E-state index in [0.717, 1.165) is 24.0 Å². The number of carbonyl (C=O) groups is 3. The number of alkyl carbamates (subject to hydrolysis) is 1. The van der Waals surface area contributed by atoms with Crippen LogP contribution in [0.5, 0.6) is 0 Å². The molecule has 7 heteroatoms. The Morgan fingerprint density at radius 3 is 2.20 bits per heavy atom. The molecule has 3 N–H and O–H groups in total. The highest BCUT2D eigenvalue weighted by atomic mass is 16.5. The molecular weight excluding hydrogens is 444 g/mol. The minimum atomic E-state index is -1.01. The molecule has 0 bridgehead atoms. The van der Waals surface area contributed by atoms with Gasteiger partial charge in [0.1, 0.15) is 6.61 Å². The molecule has 0 aromatic heterocycles. The van der Waals surface area contributed by atoms with E-state index in [9.17, 15) is 19.5 Å². The Morgan fingerprint density at radius 2 is 1.60 bits per heavy atom. The molecule has 3 atom stereocenters. The normalized spacial score (nSPS) is 20.7. The maximum atomic E-state index is 12.9.